The first-order valence-electron chi connectivity index (χ1n) is 4.43. The van der Waals surface area contributed by atoms with Gasteiger partial charge in [-0.2, -0.15) is 0 Å². The van der Waals surface area contributed by atoms with Crippen molar-refractivity contribution in [1.29, 1.82) is 0 Å². The van der Waals surface area contributed by atoms with Crippen molar-refractivity contribution >= 4 is 21.7 Å². The van der Waals surface area contributed by atoms with Crippen LogP contribution in [0.2, 0.25) is 0 Å². The summed E-state index contributed by atoms with van der Waals surface area (Å²) in [6, 6.07) is 2.15. The van der Waals surface area contributed by atoms with Crippen LogP contribution in [-0.2, 0) is 5.41 Å². The molecule has 0 unspecified atom stereocenters. The molecular formula is C10H14N2S. The number of fused-ring (bicyclic) bond motifs is 1. The minimum Gasteiger partial charge on any atom is -0.341 e. The van der Waals surface area contributed by atoms with E-state index in [1.807, 2.05) is 0 Å². The fourth-order valence-corrected chi connectivity index (χ4v) is 2.13. The van der Waals surface area contributed by atoms with Crippen molar-refractivity contribution in [3.05, 3.63) is 16.8 Å². The second-order valence-corrected chi connectivity index (χ2v) is 5.65. The Bertz CT molecular complexity index is 400. The van der Waals surface area contributed by atoms with Gasteiger partial charge >= 0.3 is 0 Å². The predicted octanol–water partition coefficient (Wildman–Crippen LogP) is 3.23. The number of aryl methyl sites for hydroxylation is 1. The topological polar surface area (TPSA) is 28.7 Å². The first kappa shape index (κ1) is 8.75. The standard InChI is InChI=1S/C10H14N2S/c1-6-5-7-8(13-6)12-9(11-7)10(2,3)4/h5H,1-4H3,(H,11,12). The van der Waals surface area contributed by atoms with Crippen molar-refractivity contribution in [2.45, 2.75) is 33.1 Å². The van der Waals surface area contributed by atoms with Crippen LogP contribution in [0.3, 0.4) is 0 Å². The molecule has 0 bridgehead atoms. The smallest absolute Gasteiger partial charge is 0.141 e. The van der Waals surface area contributed by atoms with E-state index in [4.69, 9.17) is 0 Å². The van der Waals surface area contributed by atoms with Crippen LogP contribution in [0.1, 0.15) is 31.5 Å². The minimum atomic E-state index is 0.118. The fourth-order valence-electron chi connectivity index (χ4n) is 1.29. The Hall–Kier alpha value is -0.830. The van der Waals surface area contributed by atoms with E-state index in [2.05, 4.69) is 43.7 Å². The summed E-state index contributed by atoms with van der Waals surface area (Å²) in [7, 11) is 0. The zero-order chi connectivity index (χ0) is 9.64. The Morgan fingerprint density at radius 3 is 2.62 bits per heavy atom. The van der Waals surface area contributed by atoms with Crippen molar-refractivity contribution in [2.24, 2.45) is 0 Å². The second kappa shape index (κ2) is 2.58. The largest absolute Gasteiger partial charge is 0.341 e. The van der Waals surface area contributed by atoms with Crippen LogP contribution < -0.4 is 0 Å². The quantitative estimate of drug-likeness (QED) is 0.685. The van der Waals surface area contributed by atoms with Gasteiger partial charge < -0.3 is 4.98 Å². The highest BCUT2D eigenvalue weighted by Gasteiger charge is 2.18. The zero-order valence-corrected chi connectivity index (χ0v) is 9.25. The molecular weight excluding hydrogens is 180 g/mol. The molecule has 70 valence electrons. The fraction of sp³-hybridized carbons (Fsp3) is 0.500. The first-order chi connectivity index (χ1) is 5.97. The number of thiophene rings is 1. The molecule has 1 N–H and O–H groups in total. The van der Waals surface area contributed by atoms with Crippen LogP contribution in [-0.4, -0.2) is 9.97 Å². The predicted molar refractivity (Wildman–Crippen MR) is 57.4 cm³/mol. The number of H-pyrrole nitrogens is 1. The van der Waals surface area contributed by atoms with Crippen LogP contribution >= 0.6 is 11.3 Å². The molecule has 2 heterocycles. The van der Waals surface area contributed by atoms with Gasteiger partial charge in [-0.15, -0.1) is 11.3 Å². The summed E-state index contributed by atoms with van der Waals surface area (Å²) in [5.41, 5.74) is 1.29. The van der Waals surface area contributed by atoms with E-state index >= 15 is 0 Å². The maximum Gasteiger partial charge on any atom is 0.141 e. The molecule has 0 aliphatic carbocycles. The van der Waals surface area contributed by atoms with E-state index in [1.165, 1.54) is 10.4 Å². The first-order valence-corrected chi connectivity index (χ1v) is 5.25. The van der Waals surface area contributed by atoms with Crippen molar-refractivity contribution in [3.8, 4) is 0 Å². The molecule has 0 aromatic carbocycles. The minimum absolute atomic E-state index is 0.118. The second-order valence-electron chi connectivity index (χ2n) is 4.41. The number of hydrogen-bond acceptors (Lipinski definition) is 2. The van der Waals surface area contributed by atoms with E-state index in [-0.39, 0.29) is 5.41 Å². The van der Waals surface area contributed by atoms with Gasteiger partial charge in [-0.1, -0.05) is 20.8 Å². The van der Waals surface area contributed by atoms with Crippen molar-refractivity contribution in [1.82, 2.24) is 9.97 Å². The summed E-state index contributed by atoms with van der Waals surface area (Å²) in [6.07, 6.45) is 0. The SMILES string of the molecule is Cc1cc2[nH]c(C(C)(C)C)nc2s1. The summed E-state index contributed by atoms with van der Waals surface area (Å²) < 4.78 is 0. The highest BCUT2D eigenvalue weighted by atomic mass is 32.1. The Balaban J connectivity index is 2.57. The molecule has 0 aliphatic rings. The lowest BCUT2D eigenvalue weighted by Crippen LogP contribution is -2.12. The lowest BCUT2D eigenvalue weighted by Gasteiger charge is -2.13. The maximum atomic E-state index is 4.57. The number of nitrogens with one attached hydrogen (secondary N) is 1. The molecule has 0 atom stereocenters. The molecule has 0 fully saturated rings. The lowest BCUT2D eigenvalue weighted by molar-refractivity contribution is 0.554. The molecule has 0 saturated heterocycles. The summed E-state index contributed by atoms with van der Waals surface area (Å²) in [5, 5.41) is 0. The molecule has 2 aromatic heterocycles. The monoisotopic (exact) mass is 194 g/mol. The maximum absolute atomic E-state index is 4.57. The molecule has 3 heteroatoms. The van der Waals surface area contributed by atoms with E-state index in [1.54, 1.807) is 11.3 Å². The molecule has 0 spiro atoms. The lowest BCUT2D eigenvalue weighted by atomic mass is 9.96. The van der Waals surface area contributed by atoms with Gasteiger partial charge in [0, 0.05) is 10.3 Å². The molecule has 0 saturated carbocycles. The number of hydrogen-bond donors (Lipinski definition) is 1. The Morgan fingerprint density at radius 1 is 1.38 bits per heavy atom. The third-order valence-electron chi connectivity index (χ3n) is 2.01. The van der Waals surface area contributed by atoms with Crippen LogP contribution in [0, 0.1) is 6.92 Å². The van der Waals surface area contributed by atoms with Gasteiger partial charge in [0.1, 0.15) is 10.7 Å². The molecule has 2 nitrogen and oxygen atoms in total. The van der Waals surface area contributed by atoms with Gasteiger partial charge in [-0.25, -0.2) is 4.98 Å². The molecule has 0 amide bonds. The van der Waals surface area contributed by atoms with Crippen molar-refractivity contribution in [3.63, 3.8) is 0 Å². The molecule has 0 aliphatic heterocycles. The number of aromatic nitrogens is 2. The van der Waals surface area contributed by atoms with E-state index in [0.717, 1.165) is 10.7 Å². The summed E-state index contributed by atoms with van der Waals surface area (Å²) in [4.78, 5) is 10.4. The third-order valence-corrected chi connectivity index (χ3v) is 2.96. The highest BCUT2D eigenvalue weighted by molar-refractivity contribution is 7.18. The van der Waals surface area contributed by atoms with Gasteiger partial charge in [-0.3, -0.25) is 0 Å². The van der Waals surface area contributed by atoms with Gasteiger partial charge in [0.25, 0.3) is 0 Å². The van der Waals surface area contributed by atoms with Crippen molar-refractivity contribution in [2.75, 3.05) is 0 Å². The van der Waals surface area contributed by atoms with E-state index < -0.39 is 0 Å². The van der Waals surface area contributed by atoms with E-state index in [0.29, 0.717) is 0 Å². The molecule has 0 radical (unpaired) electrons. The molecule has 2 rings (SSSR count). The number of rotatable bonds is 0. The van der Waals surface area contributed by atoms with Crippen LogP contribution in [0.4, 0.5) is 0 Å². The molecule has 13 heavy (non-hydrogen) atoms. The number of aromatic amines is 1. The van der Waals surface area contributed by atoms with Gasteiger partial charge in [0.05, 0.1) is 5.52 Å². The highest BCUT2D eigenvalue weighted by Crippen LogP contribution is 2.27. The normalized spacial score (nSPS) is 12.6. The average molecular weight is 194 g/mol. The number of nitrogens with zero attached hydrogens (tertiary/aromatic N) is 1. The summed E-state index contributed by atoms with van der Waals surface area (Å²) in [5.74, 6) is 1.08. The van der Waals surface area contributed by atoms with Gasteiger partial charge in [0.15, 0.2) is 0 Å². The third kappa shape index (κ3) is 1.48. The van der Waals surface area contributed by atoms with Crippen LogP contribution in [0.25, 0.3) is 10.3 Å². The zero-order valence-electron chi connectivity index (χ0n) is 8.43. The Kier molecular flexibility index (Phi) is 1.74. The summed E-state index contributed by atoms with van der Waals surface area (Å²) >= 11 is 1.75. The summed E-state index contributed by atoms with van der Waals surface area (Å²) in [6.45, 7) is 8.61. The van der Waals surface area contributed by atoms with Gasteiger partial charge in [0.2, 0.25) is 0 Å². The Labute approximate surface area is 82.0 Å². The molecule has 2 aromatic rings. The average Bonchev–Trinajstić information content (AvgIpc) is 2.40. The number of imidazole rings is 1. The Morgan fingerprint density at radius 2 is 2.08 bits per heavy atom. The van der Waals surface area contributed by atoms with Crippen LogP contribution in [0.5, 0.6) is 0 Å². The van der Waals surface area contributed by atoms with Crippen LogP contribution in [0.15, 0.2) is 6.07 Å². The van der Waals surface area contributed by atoms with Crippen molar-refractivity contribution < 1.29 is 0 Å². The van der Waals surface area contributed by atoms with E-state index in [9.17, 15) is 0 Å². The van der Waals surface area contributed by atoms with Gasteiger partial charge in [-0.05, 0) is 13.0 Å².